The van der Waals surface area contributed by atoms with Crippen LogP contribution in [0.1, 0.15) is 57.3 Å². The van der Waals surface area contributed by atoms with Crippen molar-refractivity contribution in [3.8, 4) is 17.0 Å². The number of carbonyl (C=O) groups excluding carboxylic acids is 1. The Kier molecular flexibility index (Phi) is 8.46. The molecule has 3 heterocycles. The first-order chi connectivity index (χ1) is 21.3. The standard InChI is InChI=1S/C36H39N5O3/c1-23-17-24(2)19-27(18-23)36(43)37-28-10-7-25(3)31(20-28)32-14-13-30-34(33(42)22-40-15-5-6-16-40)39-41(35(30)38-32)21-26-8-11-29(44-4)12-9-26/h7-14,17-20,33,42H,5-6,15-16,21-22H2,1-4H3,(H,37,43). The van der Waals surface area contributed by atoms with E-state index in [0.29, 0.717) is 35.7 Å². The average Bonchev–Trinajstić information content (AvgIpc) is 3.65. The van der Waals surface area contributed by atoms with E-state index in [9.17, 15) is 9.90 Å². The summed E-state index contributed by atoms with van der Waals surface area (Å²) in [7, 11) is 1.65. The number of nitrogens with zero attached hydrogens (tertiary/aromatic N) is 4. The summed E-state index contributed by atoms with van der Waals surface area (Å²) in [5.74, 6) is 0.644. The summed E-state index contributed by atoms with van der Waals surface area (Å²) in [5, 5.41) is 20.1. The molecule has 0 saturated carbocycles. The molecule has 8 nitrogen and oxygen atoms in total. The molecule has 0 radical (unpaired) electrons. The average molecular weight is 590 g/mol. The van der Waals surface area contributed by atoms with Crippen LogP contribution >= 0.6 is 0 Å². The maximum Gasteiger partial charge on any atom is 0.255 e. The van der Waals surface area contributed by atoms with Gasteiger partial charge in [0, 0.05) is 28.7 Å². The molecule has 1 unspecified atom stereocenters. The molecule has 2 N–H and O–H groups in total. The predicted octanol–water partition coefficient (Wildman–Crippen LogP) is 6.46. The van der Waals surface area contributed by atoms with Gasteiger partial charge in [-0.15, -0.1) is 0 Å². The number of rotatable bonds is 9. The predicted molar refractivity (Wildman–Crippen MR) is 174 cm³/mol. The molecule has 1 aliphatic heterocycles. The fourth-order valence-electron chi connectivity index (χ4n) is 6.07. The van der Waals surface area contributed by atoms with Crippen LogP contribution in [0.2, 0.25) is 0 Å². The van der Waals surface area contributed by atoms with Crippen molar-refractivity contribution in [3.63, 3.8) is 0 Å². The van der Waals surface area contributed by atoms with Gasteiger partial charge in [0.2, 0.25) is 0 Å². The molecule has 3 aromatic carbocycles. The number of β-amino-alcohol motifs (C(OH)–C–C–N with tert-alkyl or cyclic N) is 1. The third kappa shape index (κ3) is 6.37. The van der Waals surface area contributed by atoms with Gasteiger partial charge >= 0.3 is 0 Å². The SMILES string of the molecule is COc1ccc(Cn2nc(C(O)CN3CCCC3)c3ccc(-c4cc(NC(=O)c5cc(C)cc(C)c5)ccc4C)nc32)cc1. The lowest BCUT2D eigenvalue weighted by atomic mass is 10.0. The number of hydrogen-bond donors (Lipinski definition) is 2. The number of ether oxygens (including phenoxy) is 1. The third-order valence-corrected chi connectivity index (χ3v) is 8.32. The van der Waals surface area contributed by atoms with Crippen LogP contribution in [-0.4, -0.2) is 57.4 Å². The summed E-state index contributed by atoms with van der Waals surface area (Å²) < 4.78 is 7.21. The van der Waals surface area contributed by atoms with E-state index in [2.05, 4.69) is 16.3 Å². The summed E-state index contributed by atoms with van der Waals surface area (Å²) in [6.07, 6.45) is 1.60. The van der Waals surface area contributed by atoms with Crippen LogP contribution < -0.4 is 10.1 Å². The highest BCUT2D eigenvalue weighted by atomic mass is 16.5. The molecule has 1 atom stereocenters. The smallest absolute Gasteiger partial charge is 0.255 e. The lowest BCUT2D eigenvalue weighted by Gasteiger charge is -2.18. The highest BCUT2D eigenvalue weighted by molar-refractivity contribution is 6.04. The van der Waals surface area contributed by atoms with E-state index in [4.69, 9.17) is 14.8 Å². The number of aromatic nitrogens is 3. The molecule has 8 heteroatoms. The molecule has 6 rings (SSSR count). The van der Waals surface area contributed by atoms with Crippen LogP contribution in [-0.2, 0) is 6.54 Å². The Balaban J connectivity index is 1.35. The van der Waals surface area contributed by atoms with Crippen LogP contribution in [0.25, 0.3) is 22.3 Å². The maximum atomic E-state index is 13.1. The summed E-state index contributed by atoms with van der Waals surface area (Å²) >= 11 is 0. The van der Waals surface area contributed by atoms with Crippen LogP contribution in [0.5, 0.6) is 5.75 Å². The Morgan fingerprint density at radius 1 is 0.955 bits per heavy atom. The topological polar surface area (TPSA) is 92.5 Å². The van der Waals surface area contributed by atoms with Crippen molar-refractivity contribution in [2.24, 2.45) is 0 Å². The molecule has 0 bridgehead atoms. The summed E-state index contributed by atoms with van der Waals surface area (Å²) in [6, 6.07) is 23.6. The lowest BCUT2D eigenvalue weighted by Crippen LogP contribution is -2.25. The van der Waals surface area contributed by atoms with Gasteiger partial charge in [0.25, 0.3) is 5.91 Å². The zero-order valence-electron chi connectivity index (χ0n) is 25.8. The number of nitrogens with one attached hydrogen (secondary N) is 1. The van der Waals surface area contributed by atoms with E-state index in [-0.39, 0.29) is 5.91 Å². The Morgan fingerprint density at radius 3 is 2.39 bits per heavy atom. The molecule has 5 aromatic rings. The van der Waals surface area contributed by atoms with E-state index >= 15 is 0 Å². The molecule has 44 heavy (non-hydrogen) atoms. The number of benzene rings is 3. The van der Waals surface area contributed by atoms with Crippen molar-refractivity contribution in [2.45, 2.75) is 46.3 Å². The second-order valence-corrected chi connectivity index (χ2v) is 11.8. The first-order valence-electron chi connectivity index (χ1n) is 15.2. The largest absolute Gasteiger partial charge is 0.497 e. The molecule has 0 aliphatic carbocycles. The number of hydrogen-bond acceptors (Lipinski definition) is 6. The first kappa shape index (κ1) is 29.5. The molecule has 1 fully saturated rings. The van der Waals surface area contributed by atoms with Gasteiger partial charge in [-0.1, -0.05) is 35.4 Å². The van der Waals surface area contributed by atoms with Gasteiger partial charge in [-0.3, -0.25) is 4.79 Å². The minimum Gasteiger partial charge on any atom is -0.497 e. The van der Waals surface area contributed by atoms with E-state index in [0.717, 1.165) is 70.6 Å². The summed E-state index contributed by atoms with van der Waals surface area (Å²) in [5.41, 5.74) is 8.56. The second kappa shape index (κ2) is 12.6. The Hall–Kier alpha value is -4.53. The van der Waals surface area contributed by atoms with Crippen molar-refractivity contribution < 1.29 is 14.6 Å². The monoisotopic (exact) mass is 589 g/mol. The van der Waals surface area contributed by atoms with Gasteiger partial charge in [-0.05, 0) is 106 Å². The molecule has 0 spiro atoms. The van der Waals surface area contributed by atoms with Gasteiger partial charge < -0.3 is 20.1 Å². The minimum absolute atomic E-state index is 0.149. The highest BCUT2D eigenvalue weighted by Crippen LogP contribution is 2.31. The molecule has 1 aliphatic rings. The number of pyridine rings is 1. The third-order valence-electron chi connectivity index (χ3n) is 8.32. The quantitative estimate of drug-likeness (QED) is 0.205. The molecule has 1 amide bonds. The number of carbonyl (C=O) groups is 1. The zero-order valence-corrected chi connectivity index (χ0v) is 25.8. The molecular weight excluding hydrogens is 550 g/mol. The van der Waals surface area contributed by atoms with E-state index in [1.807, 2.05) is 92.2 Å². The minimum atomic E-state index is -0.717. The lowest BCUT2D eigenvalue weighted by molar-refractivity contribution is 0.102. The van der Waals surface area contributed by atoms with Crippen molar-refractivity contribution in [3.05, 3.63) is 106 Å². The highest BCUT2D eigenvalue weighted by Gasteiger charge is 2.23. The zero-order chi connectivity index (χ0) is 30.8. The number of fused-ring (bicyclic) bond motifs is 1. The Labute approximate surface area is 258 Å². The van der Waals surface area contributed by atoms with Gasteiger partial charge in [-0.25, -0.2) is 9.67 Å². The maximum absolute atomic E-state index is 13.1. The number of anilines is 1. The summed E-state index contributed by atoms with van der Waals surface area (Å²) in [4.78, 5) is 20.5. The van der Waals surface area contributed by atoms with Crippen LogP contribution in [0, 0.1) is 20.8 Å². The van der Waals surface area contributed by atoms with Gasteiger partial charge in [0.15, 0.2) is 5.65 Å². The molecule has 226 valence electrons. The van der Waals surface area contributed by atoms with Gasteiger partial charge in [-0.2, -0.15) is 5.10 Å². The number of methoxy groups -OCH3 is 1. The van der Waals surface area contributed by atoms with Crippen molar-refractivity contribution in [1.29, 1.82) is 0 Å². The fourth-order valence-corrected chi connectivity index (χ4v) is 6.07. The Morgan fingerprint density at radius 2 is 1.68 bits per heavy atom. The normalized spacial score (nSPS) is 14.2. The molecule has 1 saturated heterocycles. The van der Waals surface area contributed by atoms with E-state index in [1.54, 1.807) is 7.11 Å². The number of aliphatic hydroxyl groups excluding tert-OH is 1. The number of aliphatic hydroxyl groups is 1. The first-order valence-corrected chi connectivity index (χ1v) is 15.2. The van der Waals surface area contributed by atoms with Gasteiger partial charge in [0.1, 0.15) is 17.5 Å². The number of amides is 1. The van der Waals surface area contributed by atoms with Crippen LogP contribution in [0.15, 0.2) is 72.8 Å². The van der Waals surface area contributed by atoms with Crippen molar-refractivity contribution in [1.82, 2.24) is 19.7 Å². The molecule has 2 aromatic heterocycles. The molecular formula is C36H39N5O3. The van der Waals surface area contributed by atoms with Crippen LogP contribution in [0.3, 0.4) is 0 Å². The van der Waals surface area contributed by atoms with Gasteiger partial charge in [0.05, 0.1) is 19.3 Å². The van der Waals surface area contributed by atoms with Crippen LogP contribution in [0.4, 0.5) is 5.69 Å². The number of likely N-dealkylation sites (tertiary alicyclic amines) is 1. The van der Waals surface area contributed by atoms with Crippen molar-refractivity contribution >= 4 is 22.6 Å². The number of aryl methyl sites for hydroxylation is 3. The summed E-state index contributed by atoms with van der Waals surface area (Å²) in [6.45, 7) is 9.07. The Bertz CT molecular complexity index is 1790. The second-order valence-electron chi connectivity index (χ2n) is 11.8. The van der Waals surface area contributed by atoms with E-state index in [1.165, 1.54) is 0 Å². The van der Waals surface area contributed by atoms with E-state index < -0.39 is 6.10 Å². The van der Waals surface area contributed by atoms with Crippen molar-refractivity contribution in [2.75, 3.05) is 32.1 Å². The fraction of sp³-hybridized carbons (Fsp3) is 0.306.